The Bertz CT molecular complexity index is 555. The van der Waals surface area contributed by atoms with Crippen molar-refractivity contribution in [1.29, 1.82) is 0 Å². The molecule has 3 heteroatoms. The van der Waals surface area contributed by atoms with E-state index in [2.05, 4.69) is 50.5 Å². The molecular formula is C15H21ClN2. The van der Waals surface area contributed by atoms with Crippen molar-refractivity contribution in [3.05, 3.63) is 29.6 Å². The van der Waals surface area contributed by atoms with E-state index in [-0.39, 0.29) is 5.54 Å². The highest BCUT2D eigenvalue weighted by atomic mass is 35.5. The molecule has 2 rings (SSSR count). The average molecular weight is 265 g/mol. The van der Waals surface area contributed by atoms with Crippen molar-refractivity contribution in [1.82, 2.24) is 9.55 Å². The molecule has 2 nitrogen and oxygen atoms in total. The summed E-state index contributed by atoms with van der Waals surface area (Å²) in [6, 6.07) is 6.47. The maximum Gasteiger partial charge on any atom is 0.111 e. The molecule has 18 heavy (non-hydrogen) atoms. The summed E-state index contributed by atoms with van der Waals surface area (Å²) in [5, 5.41) is 0. The maximum atomic E-state index is 5.91. The van der Waals surface area contributed by atoms with Crippen LogP contribution in [0.5, 0.6) is 0 Å². The number of alkyl halides is 1. The van der Waals surface area contributed by atoms with Crippen molar-refractivity contribution in [3.63, 3.8) is 0 Å². The molecule has 0 saturated heterocycles. The molecule has 0 unspecified atom stereocenters. The van der Waals surface area contributed by atoms with Gasteiger partial charge in [0.05, 0.1) is 11.0 Å². The molecule has 0 amide bonds. The fourth-order valence-corrected chi connectivity index (χ4v) is 2.49. The van der Waals surface area contributed by atoms with E-state index in [4.69, 9.17) is 16.6 Å². The van der Waals surface area contributed by atoms with Crippen LogP contribution in [0.4, 0.5) is 0 Å². The third kappa shape index (κ3) is 2.26. The number of imidazole rings is 1. The van der Waals surface area contributed by atoms with Gasteiger partial charge in [-0.05, 0) is 44.9 Å². The van der Waals surface area contributed by atoms with Crippen LogP contribution in [0.15, 0.2) is 18.2 Å². The van der Waals surface area contributed by atoms with Crippen LogP contribution < -0.4 is 0 Å². The molecule has 0 radical (unpaired) electrons. The van der Waals surface area contributed by atoms with Crippen LogP contribution >= 0.6 is 11.6 Å². The van der Waals surface area contributed by atoms with E-state index in [1.165, 1.54) is 11.1 Å². The van der Waals surface area contributed by atoms with Crippen LogP contribution in [0.1, 0.15) is 38.6 Å². The summed E-state index contributed by atoms with van der Waals surface area (Å²) in [5.41, 5.74) is 3.62. The van der Waals surface area contributed by atoms with E-state index >= 15 is 0 Å². The zero-order chi connectivity index (χ0) is 13.3. The monoisotopic (exact) mass is 264 g/mol. The van der Waals surface area contributed by atoms with E-state index in [1.807, 2.05) is 0 Å². The molecule has 0 aliphatic rings. The summed E-state index contributed by atoms with van der Waals surface area (Å²) < 4.78 is 2.35. The van der Waals surface area contributed by atoms with Crippen molar-refractivity contribution in [2.24, 2.45) is 0 Å². The highest BCUT2D eigenvalue weighted by Crippen LogP contribution is 2.28. The van der Waals surface area contributed by atoms with Gasteiger partial charge in [0.15, 0.2) is 0 Å². The van der Waals surface area contributed by atoms with Crippen molar-refractivity contribution in [3.8, 4) is 0 Å². The predicted octanol–water partition coefficient (Wildman–Crippen LogP) is 4.27. The van der Waals surface area contributed by atoms with Crippen LogP contribution in [0.25, 0.3) is 11.0 Å². The molecule has 0 N–H and O–H groups in total. The first kappa shape index (κ1) is 13.4. The van der Waals surface area contributed by atoms with Crippen LogP contribution in [0, 0.1) is 6.92 Å². The molecule has 2 aromatic rings. The van der Waals surface area contributed by atoms with Crippen molar-refractivity contribution >= 4 is 22.6 Å². The van der Waals surface area contributed by atoms with Crippen LogP contribution in [0.2, 0.25) is 0 Å². The third-order valence-electron chi connectivity index (χ3n) is 3.67. The average Bonchev–Trinajstić information content (AvgIpc) is 2.67. The fourth-order valence-electron chi connectivity index (χ4n) is 2.33. The Labute approximate surface area is 114 Å². The Balaban J connectivity index is 2.70. The Morgan fingerprint density at radius 2 is 2.06 bits per heavy atom. The summed E-state index contributed by atoms with van der Waals surface area (Å²) in [6.45, 7) is 8.83. The number of rotatable bonds is 4. The second kappa shape index (κ2) is 4.93. The lowest BCUT2D eigenvalue weighted by Crippen LogP contribution is -2.27. The van der Waals surface area contributed by atoms with Crippen molar-refractivity contribution < 1.29 is 0 Å². The Morgan fingerprint density at radius 3 is 2.67 bits per heavy atom. The Morgan fingerprint density at radius 1 is 1.33 bits per heavy atom. The fraction of sp³-hybridized carbons (Fsp3) is 0.533. The second-order valence-electron chi connectivity index (χ2n) is 5.46. The molecule has 0 aliphatic carbocycles. The maximum absolute atomic E-state index is 5.91. The van der Waals surface area contributed by atoms with Gasteiger partial charge >= 0.3 is 0 Å². The molecule has 0 fully saturated rings. The zero-order valence-electron chi connectivity index (χ0n) is 11.6. The Kier molecular flexibility index (Phi) is 3.67. The van der Waals surface area contributed by atoms with Crippen molar-refractivity contribution in [2.45, 2.75) is 46.1 Å². The van der Waals surface area contributed by atoms with E-state index in [9.17, 15) is 0 Å². The second-order valence-corrected chi connectivity index (χ2v) is 5.84. The summed E-state index contributed by atoms with van der Waals surface area (Å²) in [7, 11) is 0. The van der Waals surface area contributed by atoms with Gasteiger partial charge in [0.1, 0.15) is 5.82 Å². The minimum Gasteiger partial charge on any atom is -0.322 e. The highest BCUT2D eigenvalue weighted by Gasteiger charge is 2.23. The van der Waals surface area contributed by atoms with Gasteiger partial charge in [-0.1, -0.05) is 13.0 Å². The van der Waals surface area contributed by atoms with Gasteiger partial charge in [-0.3, -0.25) is 0 Å². The van der Waals surface area contributed by atoms with Gasteiger partial charge < -0.3 is 4.57 Å². The predicted molar refractivity (Wildman–Crippen MR) is 78.5 cm³/mol. The standard InChI is InChI=1S/C15H21ClN2/c1-5-15(3,4)18-13-7-6-11(2)10-12(13)17-14(18)8-9-16/h6-7,10H,5,8-9H2,1-4H3. The molecule has 0 saturated carbocycles. The zero-order valence-corrected chi connectivity index (χ0v) is 12.4. The van der Waals surface area contributed by atoms with E-state index in [0.29, 0.717) is 5.88 Å². The summed E-state index contributed by atoms with van der Waals surface area (Å²) >= 11 is 5.91. The molecule has 1 aromatic carbocycles. The van der Waals surface area contributed by atoms with E-state index in [1.54, 1.807) is 0 Å². The lowest BCUT2D eigenvalue weighted by molar-refractivity contribution is 0.342. The molecule has 0 aliphatic heterocycles. The molecule has 1 heterocycles. The lowest BCUT2D eigenvalue weighted by Gasteiger charge is -2.28. The first-order valence-electron chi connectivity index (χ1n) is 6.54. The summed E-state index contributed by atoms with van der Waals surface area (Å²) in [5.74, 6) is 1.71. The van der Waals surface area contributed by atoms with Gasteiger partial charge in [-0.2, -0.15) is 0 Å². The van der Waals surface area contributed by atoms with Crippen LogP contribution in [0.3, 0.4) is 0 Å². The van der Waals surface area contributed by atoms with Gasteiger partial charge in [0.25, 0.3) is 0 Å². The number of nitrogens with zero attached hydrogens (tertiary/aromatic N) is 2. The summed E-state index contributed by atoms with van der Waals surface area (Å²) in [4.78, 5) is 4.76. The minimum absolute atomic E-state index is 0.0748. The first-order chi connectivity index (χ1) is 8.49. The SMILES string of the molecule is CCC(C)(C)n1c(CCCl)nc2cc(C)ccc21. The van der Waals surface area contributed by atoms with Gasteiger partial charge in [-0.25, -0.2) is 4.98 Å². The molecule has 0 atom stereocenters. The van der Waals surface area contributed by atoms with Gasteiger partial charge in [-0.15, -0.1) is 11.6 Å². The first-order valence-corrected chi connectivity index (χ1v) is 7.07. The molecule has 1 aromatic heterocycles. The number of hydrogen-bond donors (Lipinski definition) is 0. The molecule has 0 bridgehead atoms. The molecule has 0 spiro atoms. The number of benzene rings is 1. The Hall–Kier alpha value is -1.02. The molecular weight excluding hydrogens is 244 g/mol. The van der Waals surface area contributed by atoms with Crippen molar-refractivity contribution in [2.75, 3.05) is 5.88 Å². The largest absolute Gasteiger partial charge is 0.322 e. The third-order valence-corrected chi connectivity index (χ3v) is 3.86. The number of fused-ring (bicyclic) bond motifs is 1. The minimum atomic E-state index is 0.0748. The quantitative estimate of drug-likeness (QED) is 0.754. The van der Waals surface area contributed by atoms with Crippen LogP contribution in [-0.4, -0.2) is 15.4 Å². The molecule has 98 valence electrons. The number of hydrogen-bond acceptors (Lipinski definition) is 1. The van der Waals surface area contributed by atoms with E-state index < -0.39 is 0 Å². The lowest BCUT2D eigenvalue weighted by atomic mass is 10.0. The number of halogens is 1. The van der Waals surface area contributed by atoms with Crippen LogP contribution in [-0.2, 0) is 12.0 Å². The number of aromatic nitrogens is 2. The van der Waals surface area contributed by atoms with Gasteiger partial charge in [0, 0.05) is 17.8 Å². The van der Waals surface area contributed by atoms with E-state index in [0.717, 1.165) is 24.2 Å². The topological polar surface area (TPSA) is 17.8 Å². The smallest absolute Gasteiger partial charge is 0.111 e. The number of aryl methyl sites for hydroxylation is 2. The normalized spacial score (nSPS) is 12.3. The summed E-state index contributed by atoms with van der Waals surface area (Å²) in [6.07, 6.45) is 1.89. The highest BCUT2D eigenvalue weighted by molar-refractivity contribution is 6.17. The van der Waals surface area contributed by atoms with Gasteiger partial charge in [0.2, 0.25) is 0 Å².